The van der Waals surface area contributed by atoms with Gasteiger partial charge in [0, 0.05) is 30.1 Å². The van der Waals surface area contributed by atoms with E-state index in [-0.39, 0.29) is 23.8 Å². The molecule has 1 saturated heterocycles. The van der Waals surface area contributed by atoms with Crippen LogP contribution in [0.5, 0.6) is 11.5 Å². The van der Waals surface area contributed by atoms with Crippen LogP contribution in [0.2, 0.25) is 0 Å². The zero-order chi connectivity index (χ0) is 24.7. The highest BCUT2D eigenvalue weighted by atomic mass is 19.4. The third-order valence-electron chi connectivity index (χ3n) is 6.47. The summed E-state index contributed by atoms with van der Waals surface area (Å²) in [6, 6.07) is 25.3. The molecule has 0 aromatic heterocycles. The van der Waals surface area contributed by atoms with Crippen molar-refractivity contribution < 1.29 is 22.6 Å². The van der Waals surface area contributed by atoms with Gasteiger partial charge in [-0.25, -0.2) is 0 Å². The third kappa shape index (κ3) is 6.77. The van der Waals surface area contributed by atoms with Crippen molar-refractivity contribution in [2.75, 3.05) is 13.7 Å². The van der Waals surface area contributed by atoms with Crippen LogP contribution in [-0.2, 0) is 6.54 Å². The number of hydrogen-bond donors (Lipinski definition) is 2. The lowest BCUT2D eigenvalue weighted by atomic mass is 9.81. The van der Waals surface area contributed by atoms with Gasteiger partial charge in [-0.1, -0.05) is 67.1 Å². The molecule has 4 rings (SSSR count). The van der Waals surface area contributed by atoms with E-state index in [0.29, 0.717) is 17.9 Å². The average Bonchev–Trinajstić information content (AvgIpc) is 3.09. The number of methoxy groups -OCH3 is 1. The van der Waals surface area contributed by atoms with Gasteiger partial charge in [0.1, 0.15) is 11.5 Å². The van der Waals surface area contributed by atoms with Crippen LogP contribution in [0.15, 0.2) is 78.9 Å². The monoisotopic (exact) mass is 484 g/mol. The standard InChI is InChI=1S/C28H31F3N2O2/c1-34-25-16-15-23(35-28(29,30)31)18-22(25)19-33-24-14-8-9-17-32-27(24)26(20-10-4-2-5-11-20)21-12-6-3-7-13-21/h2-7,10-13,15-16,18,24,26-27,32-33H,8-9,14,17,19H2,1H3. The first-order valence-corrected chi connectivity index (χ1v) is 11.9. The first kappa shape index (κ1) is 25.1. The zero-order valence-electron chi connectivity index (χ0n) is 19.7. The maximum atomic E-state index is 12.8. The minimum atomic E-state index is -4.74. The van der Waals surface area contributed by atoms with E-state index in [9.17, 15) is 13.2 Å². The van der Waals surface area contributed by atoms with Gasteiger partial charge in [-0.05, 0) is 48.7 Å². The summed E-state index contributed by atoms with van der Waals surface area (Å²) in [7, 11) is 1.51. The van der Waals surface area contributed by atoms with Gasteiger partial charge in [0.25, 0.3) is 0 Å². The summed E-state index contributed by atoms with van der Waals surface area (Å²) in [6.45, 7) is 1.27. The molecule has 35 heavy (non-hydrogen) atoms. The number of benzene rings is 3. The molecule has 4 nitrogen and oxygen atoms in total. The lowest BCUT2D eigenvalue weighted by Crippen LogP contribution is -2.50. The molecule has 0 amide bonds. The Morgan fingerprint density at radius 2 is 1.60 bits per heavy atom. The number of hydrogen-bond acceptors (Lipinski definition) is 4. The highest BCUT2D eigenvalue weighted by Crippen LogP contribution is 2.33. The zero-order valence-corrected chi connectivity index (χ0v) is 19.7. The first-order chi connectivity index (χ1) is 16.9. The van der Waals surface area contributed by atoms with Crippen LogP contribution in [0.25, 0.3) is 0 Å². The summed E-state index contributed by atoms with van der Waals surface area (Å²) in [5, 5.41) is 7.40. The third-order valence-corrected chi connectivity index (χ3v) is 6.47. The molecule has 2 unspecified atom stereocenters. The van der Waals surface area contributed by atoms with E-state index >= 15 is 0 Å². The fraction of sp³-hybridized carbons (Fsp3) is 0.357. The van der Waals surface area contributed by atoms with Crippen LogP contribution < -0.4 is 20.1 Å². The number of rotatable bonds is 8. The second-order valence-corrected chi connectivity index (χ2v) is 8.78. The van der Waals surface area contributed by atoms with Crippen molar-refractivity contribution in [3.63, 3.8) is 0 Å². The van der Waals surface area contributed by atoms with Crippen LogP contribution in [-0.4, -0.2) is 32.1 Å². The number of ether oxygens (including phenoxy) is 2. The van der Waals surface area contributed by atoms with E-state index in [1.54, 1.807) is 0 Å². The minimum Gasteiger partial charge on any atom is -0.496 e. The maximum Gasteiger partial charge on any atom is 0.573 e. The summed E-state index contributed by atoms with van der Waals surface area (Å²) in [5.41, 5.74) is 3.07. The fourth-order valence-corrected chi connectivity index (χ4v) is 4.92. The van der Waals surface area contributed by atoms with Gasteiger partial charge in [-0.15, -0.1) is 13.2 Å². The molecule has 1 heterocycles. The lowest BCUT2D eigenvalue weighted by molar-refractivity contribution is -0.274. The molecule has 0 saturated carbocycles. The summed E-state index contributed by atoms with van der Waals surface area (Å²) < 4.78 is 47.8. The largest absolute Gasteiger partial charge is 0.573 e. The molecule has 0 bridgehead atoms. The van der Waals surface area contributed by atoms with Gasteiger partial charge in [-0.2, -0.15) is 0 Å². The van der Waals surface area contributed by atoms with E-state index in [4.69, 9.17) is 4.74 Å². The molecular formula is C28H31F3N2O2. The Morgan fingerprint density at radius 3 is 2.20 bits per heavy atom. The Bertz CT molecular complexity index is 1020. The van der Waals surface area contributed by atoms with Gasteiger partial charge >= 0.3 is 6.36 Å². The van der Waals surface area contributed by atoms with Gasteiger partial charge in [0.2, 0.25) is 0 Å². The van der Waals surface area contributed by atoms with E-state index < -0.39 is 6.36 Å². The maximum absolute atomic E-state index is 12.8. The van der Waals surface area contributed by atoms with Gasteiger partial charge in [0.15, 0.2) is 0 Å². The van der Waals surface area contributed by atoms with Crippen molar-refractivity contribution in [1.29, 1.82) is 0 Å². The molecule has 0 spiro atoms. The molecule has 3 aromatic carbocycles. The molecule has 3 aromatic rings. The van der Waals surface area contributed by atoms with Crippen molar-refractivity contribution in [1.82, 2.24) is 10.6 Å². The summed E-state index contributed by atoms with van der Waals surface area (Å²) in [5.74, 6) is 0.389. The van der Waals surface area contributed by atoms with Gasteiger partial charge in [0.05, 0.1) is 7.11 Å². The van der Waals surface area contributed by atoms with Crippen molar-refractivity contribution in [2.24, 2.45) is 0 Å². The topological polar surface area (TPSA) is 42.5 Å². The van der Waals surface area contributed by atoms with Crippen LogP contribution in [0.3, 0.4) is 0 Å². The molecule has 0 radical (unpaired) electrons. The van der Waals surface area contributed by atoms with Crippen molar-refractivity contribution in [3.05, 3.63) is 95.6 Å². The predicted octanol–water partition coefficient (Wildman–Crippen LogP) is 6.03. The summed E-state index contributed by atoms with van der Waals surface area (Å²) in [6.07, 6.45) is -1.65. The number of nitrogens with one attached hydrogen (secondary N) is 2. The Labute approximate surface area is 204 Å². The average molecular weight is 485 g/mol. The summed E-state index contributed by atoms with van der Waals surface area (Å²) >= 11 is 0. The molecule has 2 N–H and O–H groups in total. The Hall–Kier alpha value is -3.03. The van der Waals surface area contributed by atoms with Crippen molar-refractivity contribution in [3.8, 4) is 11.5 Å². The van der Waals surface area contributed by atoms with Gasteiger partial charge in [-0.3, -0.25) is 0 Å². The van der Waals surface area contributed by atoms with Crippen LogP contribution >= 0.6 is 0 Å². The Balaban J connectivity index is 1.61. The van der Waals surface area contributed by atoms with Crippen LogP contribution in [0.4, 0.5) is 13.2 Å². The predicted molar refractivity (Wildman–Crippen MR) is 131 cm³/mol. The molecule has 1 fully saturated rings. The summed E-state index contributed by atoms with van der Waals surface area (Å²) in [4.78, 5) is 0. The second-order valence-electron chi connectivity index (χ2n) is 8.78. The number of halogens is 3. The van der Waals surface area contributed by atoms with E-state index in [1.165, 1.54) is 36.4 Å². The Morgan fingerprint density at radius 1 is 0.943 bits per heavy atom. The molecule has 7 heteroatoms. The molecule has 186 valence electrons. The van der Waals surface area contributed by atoms with Crippen molar-refractivity contribution >= 4 is 0 Å². The molecule has 2 atom stereocenters. The molecule has 1 aliphatic rings. The first-order valence-electron chi connectivity index (χ1n) is 11.9. The van der Waals surface area contributed by atoms with E-state index in [0.717, 1.165) is 25.8 Å². The number of alkyl halides is 3. The van der Waals surface area contributed by atoms with E-state index in [2.05, 4.69) is 63.9 Å². The van der Waals surface area contributed by atoms with Crippen molar-refractivity contribution in [2.45, 2.75) is 50.2 Å². The molecule has 0 aliphatic carbocycles. The highest BCUT2D eigenvalue weighted by Gasteiger charge is 2.33. The second kappa shape index (κ2) is 11.6. The van der Waals surface area contributed by atoms with Gasteiger partial charge < -0.3 is 20.1 Å². The highest BCUT2D eigenvalue weighted by molar-refractivity contribution is 5.41. The van der Waals surface area contributed by atoms with E-state index in [1.807, 2.05) is 12.1 Å². The SMILES string of the molecule is COc1ccc(OC(F)(F)F)cc1CNC1CCCCNC1C(c1ccccc1)c1ccccc1. The van der Waals surface area contributed by atoms with Crippen LogP contribution in [0.1, 0.15) is 41.9 Å². The Kier molecular flexibility index (Phi) is 8.31. The molecule has 1 aliphatic heterocycles. The van der Waals surface area contributed by atoms with Crippen LogP contribution in [0, 0.1) is 0 Å². The minimum absolute atomic E-state index is 0.0970. The quantitative estimate of drug-likeness (QED) is 0.410. The fourth-order valence-electron chi connectivity index (χ4n) is 4.92. The smallest absolute Gasteiger partial charge is 0.496 e. The molecular weight excluding hydrogens is 453 g/mol. The lowest BCUT2D eigenvalue weighted by Gasteiger charge is -2.35. The normalized spacial score (nSPS) is 18.8.